The number of ether oxygens (including phenoxy) is 1. The number of imidazole rings is 1. The predicted octanol–water partition coefficient (Wildman–Crippen LogP) is 0.937. The van der Waals surface area contributed by atoms with Crippen LogP contribution in [0.2, 0.25) is 0 Å². The number of anilines is 1. The lowest BCUT2D eigenvalue weighted by atomic mass is 10.4. The number of fused-ring (bicyclic) bond motifs is 1. The van der Waals surface area contributed by atoms with Crippen molar-refractivity contribution in [2.24, 2.45) is 5.73 Å². The van der Waals surface area contributed by atoms with Crippen molar-refractivity contribution in [3.8, 4) is 0 Å². The summed E-state index contributed by atoms with van der Waals surface area (Å²) in [5, 5.41) is 2.01. The zero-order valence-corrected chi connectivity index (χ0v) is 10.3. The summed E-state index contributed by atoms with van der Waals surface area (Å²) in [6, 6.07) is 0. The standard InChI is InChI=1S/C10H16N4OS/c1-13(3-5-15-2)9-8(7-11)14-4-6-16-10(14)12-9/h4,6H,3,5,7,11H2,1-2H3. The molecule has 5 nitrogen and oxygen atoms in total. The smallest absolute Gasteiger partial charge is 0.195 e. The molecule has 0 aliphatic carbocycles. The summed E-state index contributed by atoms with van der Waals surface area (Å²) in [5.74, 6) is 0.950. The van der Waals surface area contributed by atoms with Gasteiger partial charge >= 0.3 is 0 Å². The average molecular weight is 240 g/mol. The Morgan fingerprint density at radius 2 is 2.44 bits per heavy atom. The summed E-state index contributed by atoms with van der Waals surface area (Å²) in [6.45, 7) is 1.99. The molecule has 2 N–H and O–H groups in total. The summed E-state index contributed by atoms with van der Waals surface area (Å²) < 4.78 is 7.10. The number of likely N-dealkylation sites (N-methyl/N-ethyl adjacent to an activating group) is 1. The van der Waals surface area contributed by atoms with Crippen molar-refractivity contribution >= 4 is 22.1 Å². The van der Waals surface area contributed by atoms with Crippen LogP contribution in [0.5, 0.6) is 0 Å². The molecule has 0 radical (unpaired) electrons. The second-order valence-corrected chi connectivity index (χ2v) is 4.43. The van der Waals surface area contributed by atoms with E-state index in [0.717, 1.165) is 23.0 Å². The molecule has 0 amide bonds. The molecular weight excluding hydrogens is 224 g/mol. The number of rotatable bonds is 5. The molecule has 2 rings (SSSR count). The van der Waals surface area contributed by atoms with Gasteiger partial charge in [-0.3, -0.25) is 4.40 Å². The third-order valence-electron chi connectivity index (χ3n) is 2.53. The van der Waals surface area contributed by atoms with Gasteiger partial charge in [0.05, 0.1) is 12.3 Å². The van der Waals surface area contributed by atoms with E-state index in [0.29, 0.717) is 13.2 Å². The molecule has 0 aliphatic rings. The van der Waals surface area contributed by atoms with Crippen molar-refractivity contribution in [1.82, 2.24) is 9.38 Å². The Morgan fingerprint density at radius 1 is 1.62 bits per heavy atom. The summed E-state index contributed by atoms with van der Waals surface area (Å²) in [6.07, 6.45) is 2.00. The van der Waals surface area contributed by atoms with E-state index < -0.39 is 0 Å². The van der Waals surface area contributed by atoms with Gasteiger partial charge in [0.15, 0.2) is 10.8 Å². The summed E-state index contributed by atoms with van der Waals surface area (Å²) in [4.78, 5) is 7.63. The first kappa shape index (κ1) is 11.4. The third-order valence-corrected chi connectivity index (χ3v) is 3.28. The molecule has 0 saturated carbocycles. The lowest BCUT2D eigenvalue weighted by molar-refractivity contribution is 0.206. The zero-order chi connectivity index (χ0) is 11.5. The molecule has 0 bridgehead atoms. The number of hydrogen-bond acceptors (Lipinski definition) is 5. The predicted molar refractivity (Wildman–Crippen MR) is 66.1 cm³/mol. The Bertz CT molecular complexity index is 464. The van der Waals surface area contributed by atoms with Crippen LogP contribution >= 0.6 is 11.3 Å². The van der Waals surface area contributed by atoms with Crippen molar-refractivity contribution < 1.29 is 4.74 Å². The molecule has 0 fully saturated rings. The number of aromatic nitrogens is 2. The lowest BCUT2D eigenvalue weighted by Gasteiger charge is -2.17. The van der Waals surface area contributed by atoms with Crippen LogP contribution in [0.15, 0.2) is 11.6 Å². The van der Waals surface area contributed by atoms with Crippen molar-refractivity contribution in [1.29, 1.82) is 0 Å². The van der Waals surface area contributed by atoms with Gasteiger partial charge in [-0.2, -0.15) is 0 Å². The van der Waals surface area contributed by atoms with Crippen LogP contribution < -0.4 is 10.6 Å². The lowest BCUT2D eigenvalue weighted by Crippen LogP contribution is -2.24. The molecule has 6 heteroatoms. The fourth-order valence-corrected chi connectivity index (χ4v) is 2.38. The molecule has 0 atom stereocenters. The molecule has 0 unspecified atom stereocenters. The number of hydrogen-bond donors (Lipinski definition) is 1. The fraction of sp³-hybridized carbons (Fsp3) is 0.500. The Morgan fingerprint density at radius 3 is 3.12 bits per heavy atom. The number of thiazole rings is 1. The molecule has 88 valence electrons. The van der Waals surface area contributed by atoms with Crippen LogP contribution in [0.1, 0.15) is 5.69 Å². The maximum absolute atomic E-state index is 5.77. The summed E-state index contributed by atoms with van der Waals surface area (Å²) in [5.41, 5.74) is 6.82. The fourth-order valence-electron chi connectivity index (χ4n) is 1.65. The van der Waals surface area contributed by atoms with Gasteiger partial charge in [-0.25, -0.2) is 4.98 Å². The van der Waals surface area contributed by atoms with Gasteiger partial charge in [0, 0.05) is 38.8 Å². The summed E-state index contributed by atoms with van der Waals surface area (Å²) in [7, 11) is 3.70. The minimum Gasteiger partial charge on any atom is -0.383 e. The van der Waals surface area contributed by atoms with E-state index in [1.165, 1.54) is 0 Å². The molecule has 0 aromatic carbocycles. The molecule has 0 spiro atoms. The van der Waals surface area contributed by atoms with Gasteiger partial charge in [-0.15, -0.1) is 11.3 Å². The van der Waals surface area contributed by atoms with Crippen LogP contribution in [0.3, 0.4) is 0 Å². The van der Waals surface area contributed by atoms with Gasteiger partial charge in [0.1, 0.15) is 0 Å². The maximum Gasteiger partial charge on any atom is 0.195 e. The van der Waals surface area contributed by atoms with E-state index in [2.05, 4.69) is 9.88 Å². The molecular formula is C10H16N4OS. The minimum atomic E-state index is 0.491. The van der Waals surface area contributed by atoms with E-state index in [1.807, 2.05) is 23.0 Å². The van der Waals surface area contributed by atoms with Gasteiger partial charge in [-0.1, -0.05) is 0 Å². The van der Waals surface area contributed by atoms with Crippen LogP contribution in [0, 0.1) is 0 Å². The van der Waals surface area contributed by atoms with Crippen LogP contribution in [0.25, 0.3) is 4.96 Å². The Balaban J connectivity index is 2.31. The SMILES string of the molecule is COCCN(C)c1nc2sccn2c1CN. The van der Waals surface area contributed by atoms with E-state index >= 15 is 0 Å². The maximum atomic E-state index is 5.77. The van der Waals surface area contributed by atoms with Crippen molar-refractivity contribution in [2.75, 3.05) is 32.2 Å². The van der Waals surface area contributed by atoms with Gasteiger partial charge in [0.25, 0.3) is 0 Å². The van der Waals surface area contributed by atoms with Crippen LogP contribution in [-0.4, -0.2) is 36.7 Å². The molecule has 2 aromatic rings. The highest BCUT2D eigenvalue weighted by molar-refractivity contribution is 7.15. The largest absolute Gasteiger partial charge is 0.383 e. The second kappa shape index (κ2) is 4.82. The first-order chi connectivity index (χ1) is 7.77. The number of methoxy groups -OCH3 is 1. The molecule has 2 heterocycles. The topological polar surface area (TPSA) is 55.8 Å². The van der Waals surface area contributed by atoms with Crippen LogP contribution in [-0.2, 0) is 11.3 Å². The van der Waals surface area contributed by atoms with Gasteiger partial charge < -0.3 is 15.4 Å². The molecule has 0 aliphatic heterocycles. The highest BCUT2D eigenvalue weighted by Gasteiger charge is 2.14. The van der Waals surface area contributed by atoms with Gasteiger partial charge in [0.2, 0.25) is 0 Å². The number of nitrogens with zero attached hydrogens (tertiary/aromatic N) is 3. The number of nitrogens with two attached hydrogens (primary N) is 1. The second-order valence-electron chi connectivity index (χ2n) is 3.56. The van der Waals surface area contributed by atoms with E-state index in [1.54, 1.807) is 18.4 Å². The van der Waals surface area contributed by atoms with E-state index in [4.69, 9.17) is 10.5 Å². The van der Waals surface area contributed by atoms with Crippen molar-refractivity contribution in [2.45, 2.75) is 6.54 Å². The van der Waals surface area contributed by atoms with E-state index in [9.17, 15) is 0 Å². The first-order valence-corrected chi connectivity index (χ1v) is 6.00. The quantitative estimate of drug-likeness (QED) is 0.845. The molecule has 16 heavy (non-hydrogen) atoms. The highest BCUT2D eigenvalue weighted by atomic mass is 32.1. The first-order valence-electron chi connectivity index (χ1n) is 5.12. The van der Waals surface area contributed by atoms with E-state index in [-0.39, 0.29) is 0 Å². The molecule has 2 aromatic heterocycles. The van der Waals surface area contributed by atoms with Crippen LogP contribution in [0.4, 0.5) is 5.82 Å². The normalized spacial score (nSPS) is 11.2. The Kier molecular flexibility index (Phi) is 3.42. The molecule has 0 saturated heterocycles. The Labute approximate surface area is 98.4 Å². The van der Waals surface area contributed by atoms with Gasteiger partial charge in [-0.05, 0) is 0 Å². The zero-order valence-electron chi connectivity index (χ0n) is 9.51. The summed E-state index contributed by atoms with van der Waals surface area (Å²) >= 11 is 1.62. The Hall–Kier alpha value is -1.11. The van der Waals surface area contributed by atoms with Crippen molar-refractivity contribution in [3.63, 3.8) is 0 Å². The average Bonchev–Trinajstić information content (AvgIpc) is 2.84. The van der Waals surface area contributed by atoms with Crippen molar-refractivity contribution in [3.05, 3.63) is 17.3 Å². The monoisotopic (exact) mass is 240 g/mol. The third kappa shape index (κ3) is 1.91. The minimum absolute atomic E-state index is 0.491. The highest BCUT2D eigenvalue weighted by Crippen LogP contribution is 2.23.